The SMILES string of the molecule is CCN(CC)c1ccc(CN=C(N)N2CCSCC2)cc1F. The molecule has 4 nitrogen and oxygen atoms in total. The van der Waals surface area contributed by atoms with Gasteiger partial charge >= 0.3 is 0 Å². The van der Waals surface area contributed by atoms with Gasteiger partial charge in [0, 0.05) is 37.7 Å². The van der Waals surface area contributed by atoms with E-state index in [1.807, 2.05) is 42.6 Å². The van der Waals surface area contributed by atoms with Crippen molar-refractivity contribution in [3.05, 3.63) is 29.6 Å². The van der Waals surface area contributed by atoms with Crippen molar-refractivity contribution < 1.29 is 4.39 Å². The zero-order valence-electron chi connectivity index (χ0n) is 13.4. The topological polar surface area (TPSA) is 44.9 Å². The minimum Gasteiger partial charge on any atom is -0.370 e. The molecule has 0 saturated carbocycles. The highest BCUT2D eigenvalue weighted by molar-refractivity contribution is 7.99. The van der Waals surface area contributed by atoms with Crippen molar-refractivity contribution in [2.45, 2.75) is 20.4 Å². The van der Waals surface area contributed by atoms with Crippen molar-refractivity contribution in [3.8, 4) is 0 Å². The Morgan fingerprint density at radius 3 is 2.59 bits per heavy atom. The lowest BCUT2D eigenvalue weighted by molar-refractivity contribution is 0.455. The summed E-state index contributed by atoms with van der Waals surface area (Å²) >= 11 is 1.93. The number of hydrogen-bond acceptors (Lipinski definition) is 3. The van der Waals surface area contributed by atoms with Gasteiger partial charge in [-0.1, -0.05) is 6.07 Å². The number of guanidine groups is 1. The largest absolute Gasteiger partial charge is 0.370 e. The van der Waals surface area contributed by atoms with Crippen LogP contribution in [0, 0.1) is 5.82 Å². The van der Waals surface area contributed by atoms with E-state index in [9.17, 15) is 4.39 Å². The Labute approximate surface area is 136 Å². The van der Waals surface area contributed by atoms with E-state index in [1.165, 1.54) is 0 Å². The van der Waals surface area contributed by atoms with E-state index < -0.39 is 0 Å². The molecule has 0 aromatic heterocycles. The predicted molar refractivity (Wildman–Crippen MR) is 94.2 cm³/mol. The number of anilines is 1. The van der Waals surface area contributed by atoms with Crippen LogP contribution in [-0.4, -0.2) is 48.5 Å². The normalized spacial score (nSPS) is 16.0. The number of hydrogen-bond donors (Lipinski definition) is 1. The maximum Gasteiger partial charge on any atom is 0.191 e. The van der Waals surface area contributed by atoms with E-state index in [2.05, 4.69) is 9.89 Å². The smallest absolute Gasteiger partial charge is 0.191 e. The highest BCUT2D eigenvalue weighted by atomic mass is 32.2. The van der Waals surface area contributed by atoms with Crippen molar-refractivity contribution in [3.63, 3.8) is 0 Å². The van der Waals surface area contributed by atoms with Gasteiger partial charge in [-0.2, -0.15) is 11.8 Å². The van der Waals surface area contributed by atoms with Crippen molar-refractivity contribution in [1.29, 1.82) is 0 Å². The van der Waals surface area contributed by atoms with Crippen LogP contribution in [0.25, 0.3) is 0 Å². The molecule has 1 saturated heterocycles. The molecule has 0 radical (unpaired) electrons. The third-order valence-electron chi connectivity index (χ3n) is 3.87. The molecular weight excluding hydrogens is 299 g/mol. The van der Waals surface area contributed by atoms with E-state index in [0.29, 0.717) is 18.2 Å². The maximum absolute atomic E-state index is 14.2. The zero-order chi connectivity index (χ0) is 15.9. The summed E-state index contributed by atoms with van der Waals surface area (Å²) in [5.41, 5.74) is 7.52. The quantitative estimate of drug-likeness (QED) is 0.668. The highest BCUT2D eigenvalue weighted by Gasteiger charge is 2.12. The summed E-state index contributed by atoms with van der Waals surface area (Å²) in [7, 11) is 0. The lowest BCUT2D eigenvalue weighted by Gasteiger charge is -2.27. The molecule has 1 aliphatic heterocycles. The molecule has 0 unspecified atom stereocenters. The van der Waals surface area contributed by atoms with Crippen LogP contribution in [0.1, 0.15) is 19.4 Å². The average Bonchev–Trinajstić information content (AvgIpc) is 2.56. The molecule has 1 heterocycles. The van der Waals surface area contributed by atoms with Gasteiger partial charge in [-0.15, -0.1) is 0 Å². The van der Waals surface area contributed by atoms with Crippen LogP contribution >= 0.6 is 11.8 Å². The van der Waals surface area contributed by atoms with Crippen molar-refractivity contribution >= 4 is 23.4 Å². The van der Waals surface area contributed by atoms with Gasteiger partial charge in [0.2, 0.25) is 0 Å². The van der Waals surface area contributed by atoms with Crippen LogP contribution in [0.4, 0.5) is 10.1 Å². The first-order valence-corrected chi connectivity index (χ1v) is 8.97. The van der Waals surface area contributed by atoms with Crippen LogP contribution in [0.3, 0.4) is 0 Å². The van der Waals surface area contributed by atoms with Crippen LogP contribution in [0.15, 0.2) is 23.2 Å². The predicted octanol–water partition coefficient (Wildman–Crippen LogP) is 2.54. The number of benzene rings is 1. The van der Waals surface area contributed by atoms with Gasteiger partial charge in [0.1, 0.15) is 5.82 Å². The third kappa shape index (κ3) is 4.29. The molecule has 1 aromatic carbocycles. The van der Waals surface area contributed by atoms with Gasteiger partial charge in [-0.25, -0.2) is 9.38 Å². The van der Waals surface area contributed by atoms with Crippen molar-refractivity contribution in [2.75, 3.05) is 42.6 Å². The standard InChI is InChI=1S/C16H25FN4S/c1-3-20(4-2)15-6-5-13(11-14(15)17)12-19-16(18)21-7-9-22-10-8-21/h5-6,11H,3-4,7-10,12H2,1-2H3,(H2,18,19). The number of halogens is 1. The molecule has 0 atom stereocenters. The summed E-state index contributed by atoms with van der Waals surface area (Å²) in [6.07, 6.45) is 0. The zero-order valence-corrected chi connectivity index (χ0v) is 14.2. The molecule has 1 fully saturated rings. The van der Waals surface area contributed by atoms with E-state index >= 15 is 0 Å². The molecule has 22 heavy (non-hydrogen) atoms. The Kier molecular flexibility index (Phi) is 6.36. The van der Waals surface area contributed by atoms with Crippen LogP contribution in [0.2, 0.25) is 0 Å². The Morgan fingerprint density at radius 2 is 2.00 bits per heavy atom. The molecule has 0 bridgehead atoms. The fourth-order valence-electron chi connectivity index (χ4n) is 2.53. The molecule has 2 N–H and O–H groups in total. The second kappa shape index (κ2) is 8.27. The van der Waals surface area contributed by atoms with Gasteiger partial charge in [0.05, 0.1) is 12.2 Å². The first-order chi connectivity index (χ1) is 10.7. The average molecular weight is 324 g/mol. The van der Waals surface area contributed by atoms with Crippen molar-refractivity contribution in [1.82, 2.24) is 4.90 Å². The molecule has 0 aliphatic carbocycles. The van der Waals surface area contributed by atoms with Gasteiger partial charge in [-0.05, 0) is 31.5 Å². The summed E-state index contributed by atoms with van der Waals surface area (Å²) < 4.78 is 14.2. The summed E-state index contributed by atoms with van der Waals surface area (Å²) in [6, 6.07) is 5.33. The van der Waals surface area contributed by atoms with Crippen LogP contribution in [0.5, 0.6) is 0 Å². The van der Waals surface area contributed by atoms with E-state index in [-0.39, 0.29) is 5.82 Å². The molecule has 6 heteroatoms. The number of aliphatic imine (C=N–C) groups is 1. The van der Waals surface area contributed by atoms with Gasteiger partial charge in [0.25, 0.3) is 0 Å². The lowest BCUT2D eigenvalue weighted by Crippen LogP contribution is -2.42. The molecule has 122 valence electrons. The number of thioether (sulfide) groups is 1. The number of nitrogens with zero attached hydrogens (tertiary/aromatic N) is 3. The van der Waals surface area contributed by atoms with Gasteiger partial charge in [0.15, 0.2) is 5.96 Å². The fourth-order valence-corrected chi connectivity index (χ4v) is 3.44. The first kappa shape index (κ1) is 16.9. The Hall–Kier alpha value is -1.43. The summed E-state index contributed by atoms with van der Waals surface area (Å²) in [5, 5.41) is 0. The number of nitrogens with two attached hydrogens (primary N) is 1. The molecule has 2 rings (SSSR count). The Balaban J connectivity index is 2.02. The molecule has 1 aliphatic rings. The van der Waals surface area contributed by atoms with E-state index in [0.717, 1.165) is 43.2 Å². The summed E-state index contributed by atoms with van der Waals surface area (Å²) in [4.78, 5) is 8.50. The molecule has 1 aromatic rings. The second-order valence-corrected chi connectivity index (χ2v) is 6.46. The van der Waals surface area contributed by atoms with E-state index in [4.69, 9.17) is 5.73 Å². The first-order valence-electron chi connectivity index (χ1n) is 7.81. The number of rotatable bonds is 5. The third-order valence-corrected chi connectivity index (χ3v) is 4.82. The monoisotopic (exact) mass is 324 g/mol. The Morgan fingerprint density at radius 1 is 1.32 bits per heavy atom. The Bertz CT molecular complexity index is 511. The maximum atomic E-state index is 14.2. The molecule has 0 spiro atoms. The highest BCUT2D eigenvalue weighted by Crippen LogP contribution is 2.20. The van der Waals surface area contributed by atoms with Gasteiger partial charge in [-0.3, -0.25) is 0 Å². The van der Waals surface area contributed by atoms with Crippen molar-refractivity contribution in [2.24, 2.45) is 10.7 Å². The second-order valence-electron chi connectivity index (χ2n) is 5.23. The lowest BCUT2D eigenvalue weighted by atomic mass is 10.2. The van der Waals surface area contributed by atoms with Gasteiger partial charge < -0.3 is 15.5 Å². The minimum atomic E-state index is -0.190. The molecular formula is C16H25FN4S. The minimum absolute atomic E-state index is 0.190. The van der Waals surface area contributed by atoms with E-state index in [1.54, 1.807) is 6.07 Å². The molecule has 0 amide bonds. The summed E-state index contributed by atoms with van der Waals surface area (Å²) in [6.45, 7) is 7.95. The van der Waals surface area contributed by atoms with Crippen LogP contribution in [-0.2, 0) is 6.54 Å². The summed E-state index contributed by atoms with van der Waals surface area (Å²) in [5.74, 6) is 2.55. The fraction of sp³-hybridized carbons (Fsp3) is 0.562. The van der Waals surface area contributed by atoms with Crippen LogP contribution < -0.4 is 10.6 Å².